The molecule has 0 spiro atoms. The number of phenols is 1. The second kappa shape index (κ2) is 7.49. The molecule has 6 heteroatoms. The average Bonchev–Trinajstić information content (AvgIpc) is 3.01. The fourth-order valence-corrected chi connectivity index (χ4v) is 4.04. The fourth-order valence-electron chi connectivity index (χ4n) is 2.82. The molecular weight excluding hydrogens is 336 g/mol. The minimum absolute atomic E-state index is 0.0285. The van der Waals surface area contributed by atoms with E-state index in [9.17, 15) is 9.90 Å². The minimum atomic E-state index is -0.0285. The van der Waals surface area contributed by atoms with Gasteiger partial charge >= 0.3 is 0 Å². The van der Waals surface area contributed by atoms with E-state index < -0.39 is 0 Å². The fraction of sp³-hybridized carbons (Fsp3) is 0.263. The van der Waals surface area contributed by atoms with Crippen molar-refractivity contribution in [1.82, 2.24) is 4.90 Å². The van der Waals surface area contributed by atoms with E-state index in [1.165, 1.54) is 7.11 Å². The molecule has 2 aromatic rings. The molecular formula is C19H18N2O3S. The largest absolute Gasteiger partial charge is 0.504 e. The lowest BCUT2D eigenvalue weighted by Gasteiger charge is -2.24. The van der Waals surface area contributed by atoms with Gasteiger partial charge < -0.3 is 14.7 Å². The van der Waals surface area contributed by atoms with Crippen LogP contribution in [-0.2, 0) is 11.2 Å². The zero-order chi connectivity index (χ0) is 17.8. The third-order valence-electron chi connectivity index (χ3n) is 4.18. The molecule has 0 saturated carbocycles. The Bertz CT molecular complexity index is 814. The number of ether oxygens (including phenoxy) is 1. The van der Waals surface area contributed by atoms with Crippen LogP contribution in [-0.4, -0.2) is 35.3 Å². The molecule has 1 aliphatic heterocycles. The molecule has 1 aliphatic rings. The van der Waals surface area contributed by atoms with Gasteiger partial charge in [0.05, 0.1) is 24.5 Å². The van der Waals surface area contributed by atoms with Gasteiger partial charge in [-0.15, -0.1) is 11.8 Å². The summed E-state index contributed by atoms with van der Waals surface area (Å²) in [5.74, 6) is 1.12. The van der Waals surface area contributed by atoms with Gasteiger partial charge in [-0.2, -0.15) is 5.26 Å². The third-order valence-corrected chi connectivity index (χ3v) is 5.43. The number of rotatable bonds is 5. The van der Waals surface area contributed by atoms with Crippen molar-refractivity contribution in [2.75, 3.05) is 19.4 Å². The Morgan fingerprint density at radius 1 is 1.32 bits per heavy atom. The summed E-state index contributed by atoms with van der Waals surface area (Å²) in [4.78, 5) is 14.1. The van der Waals surface area contributed by atoms with Gasteiger partial charge in [-0.1, -0.05) is 18.2 Å². The number of carbonyl (C=O) groups excluding carboxylic acids is 1. The summed E-state index contributed by atoms with van der Waals surface area (Å²) in [5.41, 5.74) is 2.64. The van der Waals surface area contributed by atoms with Gasteiger partial charge in [0.1, 0.15) is 5.37 Å². The Balaban J connectivity index is 1.73. The molecule has 0 bridgehead atoms. The predicted molar refractivity (Wildman–Crippen MR) is 96.4 cm³/mol. The maximum absolute atomic E-state index is 12.3. The van der Waals surface area contributed by atoms with E-state index in [0.717, 1.165) is 11.1 Å². The van der Waals surface area contributed by atoms with Crippen molar-refractivity contribution in [3.8, 4) is 17.6 Å². The Morgan fingerprint density at radius 2 is 2.08 bits per heavy atom. The Kier molecular flexibility index (Phi) is 5.15. The van der Waals surface area contributed by atoms with Gasteiger partial charge in [-0.25, -0.2) is 0 Å². The van der Waals surface area contributed by atoms with E-state index in [4.69, 9.17) is 10.00 Å². The summed E-state index contributed by atoms with van der Waals surface area (Å²) in [7, 11) is 1.51. The van der Waals surface area contributed by atoms with Gasteiger partial charge in [0.15, 0.2) is 11.5 Å². The maximum Gasteiger partial charge on any atom is 0.233 e. The molecule has 2 aromatic carbocycles. The number of hydrogen-bond acceptors (Lipinski definition) is 5. The lowest BCUT2D eigenvalue weighted by molar-refractivity contribution is -0.128. The molecule has 0 aliphatic carbocycles. The highest BCUT2D eigenvalue weighted by atomic mass is 32.2. The number of hydrogen-bond donors (Lipinski definition) is 1. The smallest absolute Gasteiger partial charge is 0.233 e. The third kappa shape index (κ3) is 3.72. The van der Waals surface area contributed by atoms with E-state index in [0.29, 0.717) is 30.0 Å². The number of nitriles is 1. The van der Waals surface area contributed by atoms with Gasteiger partial charge in [0.25, 0.3) is 0 Å². The number of thioether (sulfide) groups is 1. The van der Waals surface area contributed by atoms with Crippen LogP contribution in [0.4, 0.5) is 0 Å². The standard InChI is InChI=1S/C19H18N2O3S/c1-24-17-10-13(4-7-16(17)22)8-9-21-18(23)12-25-19(21)15-5-2-14(11-20)3-6-15/h2-7,10,19,22H,8-9,12H2,1H3. The van der Waals surface area contributed by atoms with Crippen molar-refractivity contribution in [3.63, 3.8) is 0 Å². The molecule has 1 unspecified atom stereocenters. The summed E-state index contributed by atoms with van der Waals surface area (Å²) in [6.07, 6.45) is 0.676. The first-order valence-electron chi connectivity index (χ1n) is 7.89. The molecule has 1 N–H and O–H groups in total. The Labute approximate surface area is 150 Å². The zero-order valence-electron chi connectivity index (χ0n) is 13.8. The van der Waals surface area contributed by atoms with Crippen LogP contribution in [0, 0.1) is 11.3 Å². The van der Waals surface area contributed by atoms with Crippen LogP contribution >= 0.6 is 11.8 Å². The Hall–Kier alpha value is -2.65. The van der Waals surface area contributed by atoms with Crippen LogP contribution in [0.1, 0.15) is 22.1 Å². The van der Waals surface area contributed by atoms with Crippen LogP contribution in [0.2, 0.25) is 0 Å². The van der Waals surface area contributed by atoms with Crippen molar-refractivity contribution in [2.24, 2.45) is 0 Å². The molecule has 0 radical (unpaired) electrons. The summed E-state index contributed by atoms with van der Waals surface area (Å²) in [6.45, 7) is 0.588. The molecule has 3 rings (SSSR count). The number of benzene rings is 2. The second-order valence-electron chi connectivity index (χ2n) is 5.74. The number of amides is 1. The molecule has 1 fully saturated rings. The van der Waals surface area contributed by atoms with Crippen LogP contribution in [0.15, 0.2) is 42.5 Å². The lowest BCUT2D eigenvalue weighted by Crippen LogP contribution is -2.30. The molecule has 1 atom stereocenters. The van der Waals surface area contributed by atoms with Crippen molar-refractivity contribution in [3.05, 3.63) is 59.2 Å². The highest BCUT2D eigenvalue weighted by molar-refractivity contribution is 8.00. The molecule has 0 aromatic heterocycles. The summed E-state index contributed by atoms with van der Waals surface area (Å²) in [6, 6.07) is 14.7. The van der Waals surface area contributed by atoms with Crippen LogP contribution in [0.25, 0.3) is 0 Å². The first-order chi connectivity index (χ1) is 12.1. The highest BCUT2D eigenvalue weighted by Gasteiger charge is 2.32. The Morgan fingerprint density at radius 3 is 2.76 bits per heavy atom. The molecule has 1 saturated heterocycles. The van der Waals surface area contributed by atoms with Gasteiger partial charge in [-0.05, 0) is 41.8 Å². The highest BCUT2D eigenvalue weighted by Crippen LogP contribution is 2.38. The average molecular weight is 354 g/mol. The summed E-state index contributed by atoms with van der Waals surface area (Å²) in [5, 5.41) is 18.6. The summed E-state index contributed by atoms with van der Waals surface area (Å²) < 4.78 is 5.13. The van der Waals surface area contributed by atoms with E-state index in [1.54, 1.807) is 36.0 Å². The van der Waals surface area contributed by atoms with Gasteiger partial charge in [0, 0.05) is 6.54 Å². The normalized spacial score (nSPS) is 16.7. The van der Waals surface area contributed by atoms with Crippen molar-refractivity contribution in [2.45, 2.75) is 11.8 Å². The maximum atomic E-state index is 12.3. The SMILES string of the molecule is COc1cc(CCN2C(=O)CSC2c2ccc(C#N)cc2)ccc1O. The number of nitrogens with zero attached hydrogens (tertiary/aromatic N) is 2. The number of aromatic hydroxyl groups is 1. The van der Waals surface area contributed by atoms with Crippen LogP contribution < -0.4 is 4.74 Å². The first-order valence-corrected chi connectivity index (χ1v) is 8.94. The number of phenolic OH excluding ortho intramolecular Hbond substituents is 1. The monoisotopic (exact) mass is 354 g/mol. The molecule has 5 nitrogen and oxygen atoms in total. The predicted octanol–water partition coefficient (Wildman–Crippen LogP) is 3.09. The van der Waals surface area contributed by atoms with Crippen molar-refractivity contribution in [1.29, 1.82) is 5.26 Å². The van der Waals surface area contributed by atoms with Crippen LogP contribution in [0.3, 0.4) is 0 Å². The summed E-state index contributed by atoms with van der Waals surface area (Å²) >= 11 is 1.60. The lowest BCUT2D eigenvalue weighted by atomic mass is 10.1. The quantitative estimate of drug-likeness (QED) is 0.893. The van der Waals surface area contributed by atoms with Crippen LogP contribution in [0.5, 0.6) is 11.5 Å². The zero-order valence-corrected chi connectivity index (χ0v) is 14.6. The molecule has 128 valence electrons. The van der Waals surface area contributed by atoms with E-state index in [1.807, 2.05) is 23.1 Å². The van der Waals surface area contributed by atoms with Gasteiger partial charge in [0.2, 0.25) is 5.91 Å². The molecule has 25 heavy (non-hydrogen) atoms. The van der Waals surface area contributed by atoms with E-state index in [-0.39, 0.29) is 17.0 Å². The second-order valence-corrected chi connectivity index (χ2v) is 6.81. The molecule has 1 heterocycles. The minimum Gasteiger partial charge on any atom is -0.504 e. The van der Waals surface area contributed by atoms with Crippen molar-refractivity contribution >= 4 is 17.7 Å². The topological polar surface area (TPSA) is 73.6 Å². The van der Waals surface area contributed by atoms with E-state index >= 15 is 0 Å². The van der Waals surface area contributed by atoms with Gasteiger partial charge in [-0.3, -0.25) is 4.79 Å². The van der Waals surface area contributed by atoms with E-state index in [2.05, 4.69) is 6.07 Å². The number of methoxy groups -OCH3 is 1. The first kappa shape index (κ1) is 17.2. The number of carbonyl (C=O) groups is 1. The van der Waals surface area contributed by atoms with Crippen molar-refractivity contribution < 1.29 is 14.6 Å². The molecule has 1 amide bonds.